The Kier molecular flexibility index (Phi) is 1.76. The summed E-state index contributed by atoms with van der Waals surface area (Å²) in [7, 11) is 0. The highest BCUT2D eigenvalue weighted by Gasteiger charge is 2.45. The predicted molar refractivity (Wildman–Crippen MR) is 57.4 cm³/mol. The average Bonchev–Trinajstić information content (AvgIpc) is 2.86. The Labute approximate surface area is 85.0 Å². The average molecular weight is 188 g/mol. The minimum absolute atomic E-state index is 0.988. The van der Waals surface area contributed by atoms with E-state index in [-0.39, 0.29) is 0 Å². The van der Waals surface area contributed by atoms with Crippen molar-refractivity contribution in [1.29, 1.82) is 0 Å². The molecule has 1 aromatic rings. The SMILES string of the molecule is CCc1cccc(N2CC3CC3C2)n1. The summed E-state index contributed by atoms with van der Waals surface area (Å²) in [4.78, 5) is 7.10. The van der Waals surface area contributed by atoms with Gasteiger partial charge in [0.05, 0.1) is 0 Å². The maximum atomic E-state index is 4.65. The summed E-state index contributed by atoms with van der Waals surface area (Å²) >= 11 is 0. The lowest BCUT2D eigenvalue weighted by molar-refractivity contribution is 0.800. The third-order valence-electron chi connectivity index (χ3n) is 3.46. The van der Waals surface area contributed by atoms with Crippen LogP contribution in [0.25, 0.3) is 0 Å². The molecule has 1 aliphatic carbocycles. The summed E-state index contributed by atoms with van der Waals surface area (Å²) < 4.78 is 0. The molecule has 2 heterocycles. The van der Waals surface area contributed by atoms with Crippen LogP contribution in [0.3, 0.4) is 0 Å². The molecule has 2 heteroatoms. The van der Waals surface area contributed by atoms with E-state index < -0.39 is 0 Å². The van der Waals surface area contributed by atoms with Gasteiger partial charge in [-0.2, -0.15) is 0 Å². The van der Waals surface area contributed by atoms with Gasteiger partial charge in [0.15, 0.2) is 0 Å². The fraction of sp³-hybridized carbons (Fsp3) is 0.583. The highest BCUT2D eigenvalue weighted by atomic mass is 15.2. The van der Waals surface area contributed by atoms with E-state index in [9.17, 15) is 0 Å². The summed E-state index contributed by atoms with van der Waals surface area (Å²) in [5.74, 6) is 3.17. The molecule has 0 N–H and O–H groups in total. The summed E-state index contributed by atoms with van der Waals surface area (Å²) in [6, 6.07) is 6.38. The number of pyridine rings is 1. The number of rotatable bonds is 2. The predicted octanol–water partition coefficient (Wildman–Crippen LogP) is 2.10. The molecule has 0 spiro atoms. The van der Waals surface area contributed by atoms with Crippen LogP contribution in [0.4, 0.5) is 5.82 Å². The van der Waals surface area contributed by atoms with Crippen molar-refractivity contribution < 1.29 is 0 Å². The van der Waals surface area contributed by atoms with Crippen LogP contribution in [0.1, 0.15) is 19.0 Å². The Morgan fingerprint density at radius 3 is 2.86 bits per heavy atom. The molecule has 14 heavy (non-hydrogen) atoms. The molecule has 1 saturated carbocycles. The quantitative estimate of drug-likeness (QED) is 0.706. The zero-order chi connectivity index (χ0) is 9.54. The van der Waals surface area contributed by atoms with Crippen LogP contribution in [-0.2, 0) is 6.42 Å². The molecule has 0 amide bonds. The van der Waals surface area contributed by atoms with E-state index in [4.69, 9.17) is 0 Å². The number of aryl methyl sites for hydroxylation is 1. The number of aromatic nitrogens is 1. The molecule has 2 unspecified atom stereocenters. The van der Waals surface area contributed by atoms with Crippen molar-refractivity contribution in [2.75, 3.05) is 18.0 Å². The molecular formula is C12H16N2. The van der Waals surface area contributed by atoms with Gasteiger partial charge in [-0.25, -0.2) is 4.98 Å². The van der Waals surface area contributed by atoms with E-state index >= 15 is 0 Å². The highest BCUT2D eigenvalue weighted by Crippen LogP contribution is 2.45. The van der Waals surface area contributed by atoms with Gasteiger partial charge in [0, 0.05) is 18.8 Å². The summed E-state index contributed by atoms with van der Waals surface area (Å²) in [5, 5.41) is 0. The van der Waals surface area contributed by atoms with Crippen LogP contribution >= 0.6 is 0 Å². The molecule has 3 rings (SSSR count). The maximum Gasteiger partial charge on any atom is 0.128 e. The highest BCUT2D eigenvalue weighted by molar-refractivity contribution is 5.42. The van der Waals surface area contributed by atoms with Crippen LogP contribution in [0.5, 0.6) is 0 Å². The first kappa shape index (κ1) is 8.27. The number of nitrogens with zero attached hydrogens (tertiary/aromatic N) is 2. The third kappa shape index (κ3) is 1.29. The lowest BCUT2D eigenvalue weighted by Gasteiger charge is -2.19. The van der Waals surface area contributed by atoms with Crippen molar-refractivity contribution in [2.24, 2.45) is 11.8 Å². The van der Waals surface area contributed by atoms with Gasteiger partial charge in [-0.1, -0.05) is 13.0 Å². The van der Waals surface area contributed by atoms with Crippen molar-refractivity contribution in [1.82, 2.24) is 4.98 Å². The van der Waals surface area contributed by atoms with Gasteiger partial charge in [-0.15, -0.1) is 0 Å². The molecule has 0 bridgehead atoms. The van der Waals surface area contributed by atoms with Crippen LogP contribution in [0.2, 0.25) is 0 Å². The normalized spacial score (nSPS) is 29.1. The summed E-state index contributed by atoms with van der Waals surface area (Å²) in [6.45, 7) is 4.64. The second-order valence-corrected chi connectivity index (χ2v) is 4.50. The molecule has 2 aliphatic rings. The van der Waals surface area contributed by atoms with Gasteiger partial charge < -0.3 is 4.90 Å². The van der Waals surface area contributed by atoms with Crippen LogP contribution in [0, 0.1) is 11.8 Å². The van der Waals surface area contributed by atoms with Gasteiger partial charge in [0.25, 0.3) is 0 Å². The van der Waals surface area contributed by atoms with Crippen molar-refractivity contribution in [3.63, 3.8) is 0 Å². The Morgan fingerprint density at radius 2 is 2.14 bits per heavy atom. The Hall–Kier alpha value is -1.05. The van der Waals surface area contributed by atoms with Gasteiger partial charge in [-0.05, 0) is 36.8 Å². The van der Waals surface area contributed by atoms with E-state index in [2.05, 4.69) is 35.0 Å². The topological polar surface area (TPSA) is 16.1 Å². The van der Waals surface area contributed by atoms with Crippen LogP contribution in [-0.4, -0.2) is 18.1 Å². The second-order valence-electron chi connectivity index (χ2n) is 4.50. The van der Waals surface area contributed by atoms with Gasteiger partial charge in [0.2, 0.25) is 0 Å². The molecule has 74 valence electrons. The third-order valence-corrected chi connectivity index (χ3v) is 3.46. The van der Waals surface area contributed by atoms with Crippen LogP contribution < -0.4 is 4.90 Å². The minimum atomic E-state index is 0.988. The first-order chi connectivity index (χ1) is 6.86. The molecule has 2 atom stereocenters. The fourth-order valence-corrected chi connectivity index (χ4v) is 2.43. The lowest BCUT2D eigenvalue weighted by atomic mass is 10.3. The summed E-state index contributed by atoms with van der Waals surface area (Å²) in [5.41, 5.74) is 1.21. The van der Waals surface area contributed by atoms with E-state index in [0.29, 0.717) is 0 Å². The first-order valence-electron chi connectivity index (χ1n) is 5.57. The molecule has 1 saturated heterocycles. The van der Waals surface area contributed by atoms with Crippen molar-refractivity contribution >= 4 is 5.82 Å². The molecular weight excluding hydrogens is 172 g/mol. The molecule has 2 fully saturated rings. The number of hydrogen-bond acceptors (Lipinski definition) is 2. The standard InChI is InChI=1S/C12H16N2/c1-2-11-4-3-5-12(13-11)14-7-9-6-10(9)8-14/h3-5,9-10H,2,6-8H2,1H3. The van der Waals surface area contributed by atoms with Crippen molar-refractivity contribution in [3.05, 3.63) is 23.9 Å². The maximum absolute atomic E-state index is 4.65. The van der Waals surface area contributed by atoms with Crippen LogP contribution in [0.15, 0.2) is 18.2 Å². The van der Waals surface area contributed by atoms with E-state index in [0.717, 1.165) is 18.3 Å². The first-order valence-corrected chi connectivity index (χ1v) is 5.57. The van der Waals surface area contributed by atoms with Crippen molar-refractivity contribution in [2.45, 2.75) is 19.8 Å². The zero-order valence-electron chi connectivity index (χ0n) is 8.61. The molecule has 1 aliphatic heterocycles. The van der Waals surface area contributed by atoms with Gasteiger partial charge in [-0.3, -0.25) is 0 Å². The molecule has 0 radical (unpaired) electrons. The molecule has 2 nitrogen and oxygen atoms in total. The second kappa shape index (κ2) is 2.97. The van der Waals surface area contributed by atoms with E-state index in [1.807, 2.05) is 0 Å². The number of fused-ring (bicyclic) bond motifs is 1. The lowest BCUT2D eigenvalue weighted by Crippen LogP contribution is -2.23. The Morgan fingerprint density at radius 1 is 1.36 bits per heavy atom. The van der Waals surface area contributed by atoms with E-state index in [1.54, 1.807) is 0 Å². The largest absolute Gasteiger partial charge is 0.356 e. The molecule has 1 aromatic heterocycles. The van der Waals surface area contributed by atoms with Gasteiger partial charge in [0.1, 0.15) is 5.82 Å². The van der Waals surface area contributed by atoms with Crippen molar-refractivity contribution in [3.8, 4) is 0 Å². The number of piperidine rings is 1. The smallest absolute Gasteiger partial charge is 0.128 e. The van der Waals surface area contributed by atoms with Gasteiger partial charge >= 0.3 is 0 Å². The zero-order valence-corrected chi connectivity index (χ0v) is 8.61. The number of anilines is 1. The Bertz CT molecular complexity index is 338. The Balaban J connectivity index is 1.81. The summed E-state index contributed by atoms with van der Waals surface area (Å²) in [6.07, 6.45) is 2.50. The monoisotopic (exact) mass is 188 g/mol. The minimum Gasteiger partial charge on any atom is -0.356 e. The van der Waals surface area contributed by atoms with E-state index in [1.165, 1.54) is 31.0 Å². The molecule has 0 aromatic carbocycles. The fourth-order valence-electron chi connectivity index (χ4n) is 2.43. The number of hydrogen-bond donors (Lipinski definition) is 0.